The third-order valence-corrected chi connectivity index (χ3v) is 2.81. The second kappa shape index (κ2) is 5.14. The van der Waals surface area contributed by atoms with Gasteiger partial charge in [0.15, 0.2) is 5.16 Å². The van der Waals surface area contributed by atoms with E-state index in [2.05, 4.69) is 28.8 Å². The molecule has 0 fully saturated rings. The van der Waals surface area contributed by atoms with Crippen LogP contribution in [0.25, 0.3) is 0 Å². The van der Waals surface area contributed by atoms with Crippen molar-refractivity contribution < 1.29 is 0 Å². The zero-order chi connectivity index (χ0) is 9.68. The van der Waals surface area contributed by atoms with Gasteiger partial charge in [-0.25, -0.2) is 15.0 Å². The summed E-state index contributed by atoms with van der Waals surface area (Å²) in [5, 5.41) is 1.30. The molecular formula is C8H14N4S. The lowest BCUT2D eigenvalue weighted by Gasteiger charge is -2.05. The molecule has 72 valence electrons. The van der Waals surface area contributed by atoms with Gasteiger partial charge < -0.3 is 5.73 Å². The summed E-state index contributed by atoms with van der Waals surface area (Å²) in [5.41, 5.74) is 5.42. The average Bonchev–Trinajstić information content (AvgIpc) is 2.18. The van der Waals surface area contributed by atoms with Gasteiger partial charge in [-0.2, -0.15) is 0 Å². The molecule has 1 heterocycles. The fourth-order valence-electron chi connectivity index (χ4n) is 0.731. The van der Waals surface area contributed by atoms with E-state index in [1.807, 2.05) is 0 Å². The van der Waals surface area contributed by atoms with Gasteiger partial charge in [0.25, 0.3) is 0 Å². The summed E-state index contributed by atoms with van der Waals surface area (Å²) in [4.78, 5) is 12.2. The fourth-order valence-corrected chi connectivity index (χ4v) is 1.52. The molecule has 1 unspecified atom stereocenters. The summed E-state index contributed by atoms with van der Waals surface area (Å²) >= 11 is 1.66. The van der Waals surface area contributed by atoms with E-state index in [1.165, 1.54) is 6.33 Å². The summed E-state index contributed by atoms with van der Waals surface area (Å²) in [6.07, 6.45) is 2.62. The fraction of sp³-hybridized carbons (Fsp3) is 0.625. The lowest BCUT2D eigenvalue weighted by atomic mass is 10.4. The molecular weight excluding hydrogens is 184 g/mol. The molecule has 0 aliphatic heterocycles. The van der Waals surface area contributed by atoms with E-state index in [-0.39, 0.29) is 0 Å². The van der Waals surface area contributed by atoms with E-state index >= 15 is 0 Å². The van der Waals surface area contributed by atoms with Gasteiger partial charge in [-0.3, -0.25) is 0 Å². The minimum absolute atomic E-state index is 0.372. The first kappa shape index (κ1) is 10.4. The zero-order valence-electron chi connectivity index (χ0n) is 7.90. The van der Waals surface area contributed by atoms with Gasteiger partial charge in [0, 0.05) is 5.25 Å². The van der Waals surface area contributed by atoms with Crippen molar-refractivity contribution in [1.82, 2.24) is 15.0 Å². The highest BCUT2D eigenvalue weighted by Crippen LogP contribution is 2.20. The maximum Gasteiger partial charge on any atom is 0.191 e. The van der Waals surface area contributed by atoms with Crippen LogP contribution in [-0.2, 0) is 6.54 Å². The highest BCUT2D eigenvalue weighted by atomic mass is 32.2. The smallest absolute Gasteiger partial charge is 0.191 e. The minimum Gasteiger partial charge on any atom is -0.324 e. The molecule has 4 nitrogen and oxygen atoms in total. The Morgan fingerprint density at radius 1 is 1.54 bits per heavy atom. The molecule has 1 atom stereocenters. The number of nitrogens with two attached hydrogens (primary N) is 1. The van der Waals surface area contributed by atoms with Gasteiger partial charge >= 0.3 is 0 Å². The standard InChI is InChI=1S/C8H14N4S/c1-3-6(2)13-8-11-5-10-7(4-9)12-8/h5-6H,3-4,9H2,1-2H3. The molecule has 0 aromatic carbocycles. The molecule has 2 N–H and O–H groups in total. The molecule has 1 aromatic heterocycles. The predicted octanol–water partition coefficient (Wildman–Crippen LogP) is 1.22. The summed E-state index contributed by atoms with van der Waals surface area (Å²) in [5.74, 6) is 0.654. The predicted molar refractivity (Wildman–Crippen MR) is 53.3 cm³/mol. The van der Waals surface area contributed by atoms with Gasteiger partial charge in [0.2, 0.25) is 0 Å². The summed E-state index contributed by atoms with van der Waals surface area (Å²) in [6, 6.07) is 0. The topological polar surface area (TPSA) is 64.7 Å². The van der Waals surface area contributed by atoms with Crippen molar-refractivity contribution in [3.63, 3.8) is 0 Å². The molecule has 0 saturated heterocycles. The summed E-state index contributed by atoms with van der Waals surface area (Å²) in [6.45, 7) is 4.66. The van der Waals surface area contributed by atoms with Crippen molar-refractivity contribution in [2.75, 3.05) is 0 Å². The van der Waals surface area contributed by atoms with Crippen molar-refractivity contribution in [2.45, 2.75) is 37.2 Å². The molecule has 0 saturated carbocycles. The van der Waals surface area contributed by atoms with Gasteiger partial charge in [0.1, 0.15) is 12.2 Å². The summed E-state index contributed by atoms with van der Waals surface area (Å²) < 4.78 is 0. The highest BCUT2D eigenvalue weighted by molar-refractivity contribution is 7.99. The van der Waals surface area contributed by atoms with Crippen LogP contribution in [-0.4, -0.2) is 20.2 Å². The maximum atomic E-state index is 5.42. The lowest BCUT2D eigenvalue weighted by molar-refractivity contribution is 0.794. The van der Waals surface area contributed by atoms with Crippen molar-refractivity contribution >= 4 is 11.8 Å². The second-order valence-corrected chi connectivity index (χ2v) is 4.13. The third-order valence-electron chi connectivity index (χ3n) is 1.66. The summed E-state index contributed by atoms with van der Waals surface area (Å²) in [7, 11) is 0. The molecule has 0 aliphatic carbocycles. The first-order valence-electron chi connectivity index (χ1n) is 4.31. The quantitative estimate of drug-likeness (QED) is 0.737. The molecule has 13 heavy (non-hydrogen) atoms. The van der Waals surface area contributed by atoms with Crippen molar-refractivity contribution in [2.24, 2.45) is 5.73 Å². The Morgan fingerprint density at radius 3 is 2.92 bits per heavy atom. The van der Waals surface area contributed by atoms with E-state index in [1.54, 1.807) is 11.8 Å². The first-order valence-corrected chi connectivity index (χ1v) is 5.18. The Kier molecular flexibility index (Phi) is 4.11. The third kappa shape index (κ3) is 3.28. The van der Waals surface area contributed by atoms with Gasteiger partial charge in [0.05, 0.1) is 6.54 Å². The number of hydrogen-bond donors (Lipinski definition) is 1. The van der Waals surface area contributed by atoms with Crippen LogP contribution >= 0.6 is 11.8 Å². The minimum atomic E-state index is 0.372. The van der Waals surface area contributed by atoms with E-state index in [0.29, 0.717) is 17.6 Å². The maximum absolute atomic E-state index is 5.42. The number of aromatic nitrogens is 3. The molecule has 0 amide bonds. The Labute approximate surface area is 82.4 Å². The molecule has 0 radical (unpaired) electrons. The number of nitrogens with zero attached hydrogens (tertiary/aromatic N) is 3. The zero-order valence-corrected chi connectivity index (χ0v) is 8.71. The highest BCUT2D eigenvalue weighted by Gasteiger charge is 2.04. The van der Waals surface area contributed by atoms with Crippen molar-refractivity contribution in [3.8, 4) is 0 Å². The first-order chi connectivity index (χ1) is 6.26. The SMILES string of the molecule is CCC(C)Sc1ncnc(CN)n1. The van der Waals surface area contributed by atoms with Crippen LogP contribution in [0.3, 0.4) is 0 Å². The van der Waals surface area contributed by atoms with Crippen LogP contribution in [0.5, 0.6) is 0 Å². The van der Waals surface area contributed by atoms with Gasteiger partial charge in [-0.1, -0.05) is 25.6 Å². The number of thioether (sulfide) groups is 1. The molecule has 0 spiro atoms. The Bertz CT molecular complexity index is 266. The van der Waals surface area contributed by atoms with E-state index in [0.717, 1.165) is 11.6 Å². The van der Waals surface area contributed by atoms with Crippen LogP contribution in [0.15, 0.2) is 11.5 Å². The lowest BCUT2D eigenvalue weighted by Crippen LogP contribution is -2.05. The van der Waals surface area contributed by atoms with Crippen LogP contribution in [0.4, 0.5) is 0 Å². The van der Waals surface area contributed by atoms with E-state index in [4.69, 9.17) is 5.73 Å². The molecule has 5 heteroatoms. The van der Waals surface area contributed by atoms with E-state index in [9.17, 15) is 0 Å². The van der Waals surface area contributed by atoms with E-state index < -0.39 is 0 Å². The molecule has 1 aromatic rings. The van der Waals surface area contributed by atoms with Crippen LogP contribution in [0.1, 0.15) is 26.1 Å². The number of hydrogen-bond acceptors (Lipinski definition) is 5. The van der Waals surface area contributed by atoms with Gasteiger partial charge in [-0.15, -0.1) is 0 Å². The molecule has 1 rings (SSSR count). The molecule has 0 bridgehead atoms. The van der Waals surface area contributed by atoms with Crippen molar-refractivity contribution in [3.05, 3.63) is 12.2 Å². The Balaban J connectivity index is 2.66. The monoisotopic (exact) mass is 198 g/mol. The average molecular weight is 198 g/mol. The largest absolute Gasteiger partial charge is 0.324 e. The van der Waals surface area contributed by atoms with Crippen LogP contribution in [0.2, 0.25) is 0 Å². The van der Waals surface area contributed by atoms with Crippen LogP contribution < -0.4 is 5.73 Å². The van der Waals surface area contributed by atoms with Gasteiger partial charge in [-0.05, 0) is 6.42 Å². The Hall–Kier alpha value is -0.680. The molecule has 0 aliphatic rings. The normalized spacial score (nSPS) is 12.8. The number of rotatable bonds is 4. The van der Waals surface area contributed by atoms with Crippen LogP contribution in [0, 0.1) is 0 Å². The van der Waals surface area contributed by atoms with Crippen molar-refractivity contribution in [1.29, 1.82) is 0 Å². The second-order valence-electron chi connectivity index (χ2n) is 2.73. The Morgan fingerprint density at radius 2 is 2.31 bits per heavy atom.